The summed E-state index contributed by atoms with van der Waals surface area (Å²) < 4.78 is 23.9. The largest absolute Gasteiger partial charge is 0.248 e. The molecular formula is C9H20F2. The molecule has 0 unspecified atom stereocenters. The molecule has 0 N–H and O–H groups in total. The average molecular weight is 166 g/mol. The second-order valence-corrected chi connectivity index (χ2v) is 2.06. The normalized spacial score (nSPS) is 19.1. The molecule has 1 fully saturated rings. The van der Waals surface area contributed by atoms with Crippen LogP contribution in [0.5, 0.6) is 0 Å². The Morgan fingerprint density at radius 2 is 1.09 bits per heavy atom. The Hall–Kier alpha value is -0.140. The Kier molecular flexibility index (Phi) is 9.73. The molecule has 0 radical (unpaired) electrons. The molecule has 70 valence electrons. The first-order valence-electron chi connectivity index (χ1n) is 4.59. The van der Waals surface area contributed by atoms with Gasteiger partial charge in [-0.05, 0) is 12.8 Å². The van der Waals surface area contributed by atoms with Crippen molar-refractivity contribution in [1.29, 1.82) is 0 Å². The van der Waals surface area contributed by atoms with E-state index in [-0.39, 0.29) is 12.8 Å². The number of hydrogen-bond acceptors (Lipinski definition) is 0. The average Bonchev–Trinajstić information content (AvgIpc) is 2.43. The number of halogens is 2. The van der Waals surface area contributed by atoms with Crippen LogP contribution in [0, 0.1) is 0 Å². The van der Waals surface area contributed by atoms with Crippen molar-refractivity contribution in [3.05, 3.63) is 0 Å². The van der Waals surface area contributed by atoms with Crippen molar-refractivity contribution >= 4 is 0 Å². The lowest BCUT2D eigenvalue weighted by atomic mass is 10.3. The summed E-state index contributed by atoms with van der Waals surface area (Å²) in [7, 11) is 0. The molecule has 1 aliphatic carbocycles. The van der Waals surface area contributed by atoms with Crippen molar-refractivity contribution < 1.29 is 8.78 Å². The molecule has 1 aliphatic rings. The minimum absolute atomic E-state index is 0.118. The van der Waals surface area contributed by atoms with Crippen molar-refractivity contribution in [1.82, 2.24) is 0 Å². The monoisotopic (exact) mass is 166 g/mol. The van der Waals surface area contributed by atoms with Gasteiger partial charge in [0.25, 0.3) is 0 Å². The molecule has 0 aromatic rings. The minimum Gasteiger partial charge on any atom is -0.207 e. The maximum atomic E-state index is 11.9. The summed E-state index contributed by atoms with van der Waals surface area (Å²) in [5, 5.41) is 0. The van der Waals surface area contributed by atoms with Gasteiger partial charge < -0.3 is 0 Å². The fourth-order valence-corrected chi connectivity index (χ4v) is 0.892. The third-order valence-corrected chi connectivity index (χ3v) is 1.34. The second kappa shape index (κ2) is 7.96. The van der Waals surface area contributed by atoms with Gasteiger partial charge in [0, 0.05) is 12.8 Å². The predicted molar refractivity (Wildman–Crippen MR) is 46.1 cm³/mol. The summed E-state index contributed by atoms with van der Waals surface area (Å²) in [5.41, 5.74) is 0. The van der Waals surface area contributed by atoms with E-state index in [9.17, 15) is 8.78 Å². The van der Waals surface area contributed by atoms with Gasteiger partial charge in [0.15, 0.2) is 0 Å². The highest BCUT2D eigenvalue weighted by atomic mass is 19.3. The maximum absolute atomic E-state index is 11.9. The lowest BCUT2D eigenvalue weighted by Gasteiger charge is -2.03. The molecule has 0 saturated heterocycles. The molecule has 0 aliphatic heterocycles. The third kappa shape index (κ3) is 7.76. The highest BCUT2D eigenvalue weighted by Gasteiger charge is 2.32. The highest BCUT2D eigenvalue weighted by Crippen LogP contribution is 2.33. The molecule has 0 aromatic carbocycles. The van der Waals surface area contributed by atoms with Gasteiger partial charge in [-0.1, -0.05) is 27.7 Å². The lowest BCUT2D eigenvalue weighted by Crippen LogP contribution is -2.06. The molecule has 0 aromatic heterocycles. The highest BCUT2D eigenvalue weighted by molar-refractivity contribution is 4.72. The van der Waals surface area contributed by atoms with Gasteiger partial charge in [0.1, 0.15) is 0 Å². The van der Waals surface area contributed by atoms with Crippen molar-refractivity contribution in [3.63, 3.8) is 0 Å². The lowest BCUT2D eigenvalue weighted by molar-refractivity contribution is 0.00932. The van der Waals surface area contributed by atoms with Crippen LogP contribution in [-0.4, -0.2) is 5.92 Å². The summed E-state index contributed by atoms with van der Waals surface area (Å²) in [6.07, 6.45) is 1.67. The van der Waals surface area contributed by atoms with Crippen molar-refractivity contribution in [2.45, 2.75) is 59.3 Å². The zero-order valence-electron chi connectivity index (χ0n) is 8.08. The molecule has 2 heteroatoms. The van der Waals surface area contributed by atoms with Crippen molar-refractivity contribution in [2.24, 2.45) is 0 Å². The van der Waals surface area contributed by atoms with Crippen LogP contribution in [0.4, 0.5) is 8.78 Å². The van der Waals surface area contributed by atoms with E-state index in [1.165, 1.54) is 0 Å². The molecule has 1 rings (SSSR count). The Bertz CT molecular complexity index is 62.0. The van der Waals surface area contributed by atoms with Crippen LogP contribution in [0.1, 0.15) is 53.4 Å². The Morgan fingerprint density at radius 1 is 0.818 bits per heavy atom. The summed E-state index contributed by atoms with van der Waals surface area (Å²) in [6.45, 7) is 8.00. The Morgan fingerprint density at radius 3 is 1.18 bits per heavy atom. The number of alkyl halides is 2. The van der Waals surface area contributed by atoms with Gasteiger partial charge in [0.05, 0.1) is 0 Å². The zero-order chi connectivity index (χ0) is 9.33. The summed E-state index contributed by atoms with van der Waals surface area (Å²) in [4.78, 5) is 0. The van der Waals surface area contributed by atoms with E-state index in [4.69, 9.17) is 0 Å². The molecule has 1 saturated carbocycles. The van der Waals surface area contributed by atoms with Gasteiger partial charge in [-0.2, -0.15) is 0 Å². The van der Waals surface area contributed by atoms with E-state index >= 15 is 0 Å². The Labute approximate surface area is 69.0 Å². The third-order valence-electron chi connectivity index (χ3n) is 1.34. The number of rotatable bonds is 0. The molecule has 0 nitrogen and oxygen atoms in total. The van der Waals surface area contributed by atoms with E-state index in [0.717, 1.165) is 0 Å². The van der Waals surface area contributed by atoms with Gasteiger partial charge in [-0.3, -0.25) is 0 Å². The van der Waals surface area contributed by atoms with Crippen molar-refractivity contribution in [2.75, 3.05) is 0 Å². The number of hydrogen-bond donors (Lipinski definition) is 0. The van der Waals surface area contributed by atoms with Crippen LogP contribution in [0.25, 0.3) is 0 Å². The molecule has 0 spiro atoms. The van der Waals surface area contributed by atoms with E-state index < -0.39 is 5.92 Å². The maximum Gasteiger partial charge on any atom is 0.248 e. The van der Waals surface area contributed by atoms with E-state index in [1.807, 2.05) is 27.7 Å². The van der Waals surface area contributed by atoms with Crippen LogP contribution in [-0.2, 0) is 0 Å². The summed E-state index contributed by atoms with van der Waals surface area (Å²) in [5.74, 6) is -2.31. The van der Waals surface area contributed by atoms with Crippen LogP contribution in [0.3, 0.4) is 0 Å². The van der Waals surface area contributed by atoms with Crippen LogP contribution in [0.2, 0.25) is 0 Å². The molecule has 0 amide bonds. The summed E-state index contributed by atoms with van der Waals surface area (Å²) >= 11 is 0. The van der Waals surface area contributed by atoms with Gasteiger partial charge in [-0.25, -0.2) is 8.78 Å². The second-order valence-electron chi connectivity index (χ2n) is 2.06. The molecule has 0 bridgehead atoms. The Balaban J connectivity index is 0. The first-order valence-corrected chi connectivity index (χ1v) is 4.59. The molecule has 0 heterocycles. The van der Waals surface area contributed by atoms with Crippen molar-refractivity contribution in [3.8, 4) is 0 Å². The van der Waals surface area contributed by atoms with Gasteiger partial charge >= 0.3 is 0 Å². The zero-order valence-corrected chi connectivity index (χ0v) is 8.08. The smallest absolute Gasteiger partial charge is 0.207 e. The standard InChI is InChI=1S/C5H8F2.2C2H6/c6-5(7)3-1-2-4-5;2*1-2/h1-4H2;2*1-2H3. The first kappa shape index (κ1) is 13.4. The fourth-order valence-electron chi connectivity index (χ4n) is 0.892. The van der Waals surface area contributed by atoms with E-state index in [1.54, 1.807) is 0 Å². The molecular weight excluding hydrogens is 146 g/mol. The minimum atomic E-state index is -2.31. The van der Waals surface area contributed by atoms with Crippen LogP contribution in [0.15, 0.2) is 0 Å². The molecule has 0 atom stereocenters. The quantitative estimate of drug-likeness (QED) is 0.504. The summed E-state index contributed by atoms with van der Waals surface area (Å²) in [6, 6.07) is 0. The first-order chi connectivity index (χ1) is 5.21. The van der Waals surface area contributed by atoms with E-state index in [2.05, 4.69) is 0 Å². The van der Waals surface area contributed by atoms with Gasteiger partial charge in [-0.15, -0.1) is 0 Å². The molecule has 11 heavy (non-hydrogen) atoms. The van der Waals surface area contributed by atoms with E-state index in [0.29, 0.717) is 12.8 Å². The van der Waals surface area contributed by atoms with Crippen LogP contribution >= 0.6 is 0 Å². The SMILES string of the molecule is CC.CC.FC1(F)CCCC1. The topological polar surface area (TPSA) is 0 Å². The van der Waals surface area contributed by atoms with Crippen LogP contribution < -0.4 is 0 Å². The van der Waals surface area contributed by atoms with Gasteiger partial charge in [0.2, 0.25) is 5.92 Å². The fraction of sp³-hybridized carbons (Fsp3) is 1.00. The predicted octanol–water partition coefficient (Wildman–Crippen LogP) is 4.25.